The minimum absolute atomic E-state index is 0. The van der Waals surface area contributed by atoms with Gasteiger partial charge in [-0.05, 0) is 27.7 Å². The number of carboxylic acids is 4. The van der Waals surface area contributed by atoms with E-state index in [2.05, 4.69) is 18.9 Å². The zero-order chi connectivity index (χ0) is 48.0. The molecule has 0 aromatic rings. The summed E-state index contributed by atoms with van der Waals surface area (Å²) >= 11 is 0. The van der Waals surface area contributed by atoms with Crippen LogP contribution in [0.25, 0.3) is 0 Å². The molecule has 0 aliphatic heterocycles. The second-order valence-corrected chi connectivity index (χ2v) is 11.7. The molecule has 16 atom stereocenters. The second kappa shape index (κ2) is 38.5. The van der Waals surface area contributed by atoms with Gasteiger partial charge in [-0.25, -0.2) is 0 Å². The standard InChI is InChI=1S/4C8H16O7.Pb/c4*1-2-15-7(8(13)14)6(12)5(11)4(10)3-9;/h4*4-7,9-12H,2-3H2,1H3,(H,13,14);/q;;;;+4/p-4. The first kappa shape index (κ1) is 68.1. The Balaban J connectivity index is -0.000000227. The van der Waals surface area contributed by atoms with Crippen LogP contribution in [0.3, 0.4) is 0 Å². The van der Waals surface area contributed by atoms with Crippen molar-refractivity contribution in [1.82, 2.24) is 0 Å². The fourth-order valence-corrected chi connectivity index (χ4v) is 4.00. The van der Waals surface area contributed by atoms with Crippen LogP contribution >= 0.6 is 0 Å². The fraction of sp³-hybridized carbons (Fsp3) is 0.875. The molecule has 0 bridgehead atoms. The van der Waals surface area contributed by atoms with Crippen LogP contribution in [0.4, 0.5) is 0 Å². The molecule has 0 rings (SSSR count). The van der Waals surface area contributed by atoms with Crippen molar-refractivity contribution in [2.75, 3.05) is 52.9 Å². The molecule has 29 heteroatoms. The van der Waals surface area contributed by atoms with Crippen molar-refractivity contribution in [3.8, 4) is 0 Å². The Hall–Kier alpha value is -2.00. The molecule has 0 aromatic carbocycles. The van der Waals surface area contributed by atoms with Crippen molar-refractivity contribution >= 4 is 51.2 Å². The number of hydrogen-bond acceptors (Lipinski definition) is 28. The number of aliphatic hydroxyl groups excluding tert-OH is 16. The zero-order valence-corrected chi connectivity index (χ0v) is 37.3. The molecule has 0 amide bonds. The normalized spacial score (nSPS) is 19.0. The van der Waals surface area contributed by atoms with Crippen molar-refractivity contribution in [2.24, 2.45) is 0 Å². The maximum atomic E-state index is 10.5. The third-order valence-corrected chi connectivity index (χ3v) is 7.28. The molecule has 28 nitrogen and oxygen atoms in total. The number of aliphatic hydroxyl groups is 16. The van der Waals surface area contributed by atoms with Crippen LogP contribution in [0.5, 0.6) is 0 Å². The molecule has 360 valence electrons. The van der Waals surface area contributed by atoms with Gasteiger partial charge >= 0.3 is 27.3 Å². The van der Waals surface area contributed by atoms with E-state index in [9.17, 15) is 80.5 Å². The van der Waals surface area contributed by atoms with Gasteiger partial charge in [-0.2, -0.15) is 0 Å². The van der Waals surface area contributed by atoms with Crippen LogP contribution < -0.4 is 20.4 Å². The average molecular weight is 1100 g/mol. The second-order valence-electron chi connectivity index (χ2n) is 11.7. The van der Waals surface area contributed by atoms with Crippen LogP contribution in [0.2, 0.25) is 0 Å². The monoisotopic (exact) mass is 1100 g/mol. The summed E-state index contributed by atoms with van der Waals surface area (Å²) in [5.41, 5.74) is 0. The Bertz CT molecular complexity index is 957. The SMILES string of the molecule is CCOC(C(=O)[O-])C(O)C(O)C(O)CO.CCOC(C(=O)[O-])C(O)C(O)C(O)CO.CCOC(C(=O)[O-])C(O)C(O)C(O)CO.CCOC(C(=O)[O-])C(O)C(O)C(O)CO.[Pb+4]. The van der Waals surface area contributed by atoms with E-state index >= 15 is 0 Å². The predicted molar refractivity (Wildman–Crippen MR) is 188 cm³/mol. The summed E-state index contributed by atoms with van der Waals surface area (Å²) in [6.07, 6.45) is -28.2. The van der Waals surface area contributed by atoms with Gasteiger partial charge in [0.25, 0.3) is 0 Å². The molecular formula is C32H60O28Pb. The number of ether oxygens (including phenoxy) is 4. The summed E-state index contributed by atoms with van der Waals surface area (Å²) in [5, 5.41) is 186. The van der Waals surface area contributed by atoms with E-state index in [0.717, 1.165) is 0 Å². The van der Waals surface area contributed by atoms with Crippen LogP contribution in [0.15, 0.2) is 0 Å². The van der Waals surface area contributed by atoms with E-state index in [1.165, 1.54) is 27.7 Å². The van der Waals surface area contributed by atoms with Gasteiger partial charge < -0.3 is 140 Å². The first-order valence-corrected chi connectivity index (χ1v) is 17.7. The van der Waals surface area contributed by atoms with Crippen molar-refractivity contribution < 1.29 is 140 Å². The maximum absolute atomic E-state index is 10.5. The van der Waals surface area contributed by atoms with Crippen LogP contribution in [-0.2, 0) is 38.1 Å². The van der Waals surface area contributed by atoms with Crippen molar-refractivity contribution in [1.29, 1.82) is 0 Å². The smallest absolute Gasteiger partial charge is 0.547 e. The van der Waals surface area contributed by atoms with Gasteiger partial charge in [0.2, 0.25) is 0 Å². The summed E-state index contributed by atoms with van der Waals surface area (Å²) in [7, 11) is 0. The quantitative estimate of drug-likeness (QED) is 0.0324. The average Bonchev–Trinajstić information content (AvgIpc) is 3.22. The first-order valence-electron chi connectivity index (χ1n) is 17.7. The molecular weight excluding hydrogens is 1040 g/mol. The Kier molecular flexibility index (Phi) is 42.9. The van der Waals surface area contributed by atoms with Crippen LogP contribution in [-0.4, -0.2) is 283 Å². The number of carbonyl (C=O) groups is 4. The van der Waals surface area contributed by atoms with Gasteiger partial charge in [0.15, 0.2) is 0 Å². The number of carboxylic acid groups (broad SMARTS) is 4. The van der Waals surface area contributed by atoms with E-state index in [-0.39, 0.29) is 53.7 Å². The molecule has 16 unspecified atom stereocenters. The summed E-state index contributed by atoms with van der Waals surface area (Å²) in [6.45, 7) is 2.77. The van der Waals surface area contributed by atoms with Gasteiger partial charge in [-0.3, -0.25) is 0 Å². The molecule has 61 heavy (non-hydrogen) atoms. The minimum atomic E-state index is -1.86. The Morgan fingerprint density at radius 2 is 0.475 bits per heavy atom. The molecule has 0 aliphatic carbocycles. The van der Waals surface area contributed by atoms with Gasteiger partial charge in [-0.15, -0.1) is 0 Å². The van der Waals surface area contributed by atoms with E-state index in [1.54, 1.807) is 0 Å². The number of aliphatic carboxylic acids is 4. The van der Waals surface area contributed by atoms with Crippen molar-refractivity contribution in [3.63, 3.8) is 0 Å². The Morgan fingerprint density at radius 3 is 0.557 bits per heavy atom. The molecule has 0 fully saturated rings. The van der Waals surface area contributed by atoms with E-state index < -0.39 is 148 Å². The summed E-state index contributed by atoms with van der Waals surface area (Å²) in [5.74, 6) is -6.80. The van der Waals surface area contributed by atoms with Crippen molar-refractivity contribution in [3.05, 3.63) is 0 Å². The van der Waals surface area contributed by atoms with Gasteiger partial charge in [0, 0.05) is 26.4 Å². The summed E-state index contributed by atoms with van der Waals surface area (Å²) in [6, 6.07) is 0. The summed E-state index contributed by atoms with van der Waals surface area (Å²) < 4.78 is 18.5. The molecule has 0 heterocycles. The zero-order valence-electron chi connectivity index (χ0n) is 33.4. The van der Waals surface area contributed by atoms with Gasteiger partial charge in [-0.1, -0.05) is 0 Å². The maximum Gasteiger partial charge on any atom is 4.00 e. The van der Waals surface area contributed by atoms with Gasteiger partial charge in [0.05, 0.1) is 50.3 Å². The largest absolute Gasteiger partial charge is 4.00 e. The van der Waals surface area contributed by atoms with Crippen molar-refractivity contribution in [2.45, 2.75) is 125 Å². The summed E-state index contributed by atoms with van der Waals surface area (Å²) in [4.78, 5) is 42.0. The fourth-order valence-electron chi connectivity index (χ4n) is 4.00. The molecule has 0 radical (unpaired) electrons. The Labute approximate surface area is 368 Å². The van der Waals surface area contributed by atoms with E-state index in [1.807, 2.05) is 0 Å². The molecule has 0 saturated heterocycles. The number of rotatable bonds is 28. The van der Waals surface area contributed by atoms with E-state index in [4.69, 9.17) is 40.9 Å². The van der Waals surface area contributed by atoms with Gasteiger partial charge in [0.1, 0.15) is 97.7 Å². The predicted octanol–water partition coefficient (Wildman–Crippen LogP) is -15.5. The minimum Gasteiger partial charge on any atom is -0.547 e. The molecule has 0 saturated carbocycles. The molecule has 0 aliphatic rings. The number of carbonyl (C=O) groups excluding carboxylic acids is 4. The number of hydrogen-bond donors (Lipinski definition) is 16. The third kappa shape index (κ3) is 27.1. The molecule has 0 spiro atoms. The van der Waals surface area contributed by atoms with E-state index in [0.29, 0.717) is 0 Å². The first-order chi connectivity index (χ1) is 27.8. The van der Waals surface area contributed by atoms with Crippen LogP contribution in [0, 0.1) is 0 Å². The third-order valence-electron chi connectivity index (χ3n) is 7.28. The Morgan fingerprint density at radius 1 is 0.344 bits per heavy atom. The topological polar surface area (TPSA) is 521 Å². The molecule has 16 N–H and O–H groups in total. The van der Waals surface area contributed by atoms with Crippen LogP contribution in [0.1, 0.15) is 27.7 Å². The molecule has 0 aromatic heterocycles.